The lowest BCUT2D eigenvalue weighted by molar-refractivity contribution is -0.150. The number of anilines is 1. The summed E-state index contributed by atoms with van der Waals surface area (Å²) in [6.45, 7) is 4.21. The minimum atomic E-state index is -1.01. The largest absolute Gasteiger partial charge is 0.454 e. The highest BCUT2D eigenvalue weighted by molar-refractivity contribution is 6.08. The van der Waals surface area contributed by atoms with Crippen molar-refractivity contribution < 1.29 is 23.9 Å². The second kappa shape index (κ2) is 7.33. The molecule has 1 aromatic rings. The van der Waals surface area contributed by atoms with Gasteiger partial charge in [0.2, 0.25) is 0 Å². The number of nitrogens with zero attached hydrogens (tertiary/aromatic N) is 1. The highest BCUT2D eigenvalue weighted by Crippen LogP contribution is 2.20. The van der Waals surface area contributed by atoms with Crippen molar-refractivity contribution in [3.05, 3.63) is 29.8 Å². The van der Waals surface area contributed by atoms with Gasteiger partial charge in [-0.25, -0.2) is 4.79 Å². The van der Waals surface area contributed by atoms with E-state index in [2.05, 4.69) is 10.6 Å². The summed E-state index contributed by atoms with van der Waals surface area (Å²) >= 11 is 0. The molecule has 0 radical (unpaired) electrons. The average molecular weight is 347 g/mol. The molecule has 1 aliphatic heterocycles. The number of urea groups is 1. The van der Waals surface area contributed by atoms with Gasteiger partial charge in [0, 0.05) is 5.69 Å². The number of amides is 4. The zero-order chi connectivity index (χ0) is 18.6. The Bertz CT molecular complexity index is 718. The van der Waals surface area contributed by atoms with Crippen LogP contribution in [-0.4, -0.2) is 47.4 Å². The van der Waals surface area contributed by atoms with Crippen molar-refractivity contribution in [2.45, 2.75) is 32.7 Å². The molecule has 0 unspecified atom stereocenters. The van der Waals surface area contributed by atoms with E-state index >= 15 is 0 Å². The molecule has 1 heterocycles. The van der Waals surface area contributed by atoms with Crippen LogP contribution in [0, 0.1) is 6.92 Å². The lowest BCUT2D eigenvalue weighted by Crippen LogP contribution is -2.43. The second-order valence-electron chi connectivity index (χ2n) is 6.09. The number of aryl methyl sites for hydroxylation is 1. The SMILES string of the molecule is CC[C@]1(C)NC(=O)N(CC(=O)OCC(=O)Nc2cccc(C)c2)C1=O. The summed E-state index contributed by atoms with van der Waals surface area (Å²) in [6.07, 6.45) is 0.405. The molecule has 0 spiro atoms. The Morgan fingerprint density at radius 3 is 2.64 bits per heavy atom. The van der Waals surface area contributed by atoms with Crippen LogP contribution in [0.25, 0.3) is 0 Å². The topological polar surface area (TPSA) is 105 Å². The molecule has 25 heavy (non-hydrogen) atoms. The molecule has 0 aromatic heterocycles. The van der Waals surface area contributed by atoms with E-state index < -0.39 is 42.5 Å². The molecule has 2 N–H and O–H groups in total. The minimum Gasteiger partial charge on any atom is -0.454 e. The highest BCUT2D eigenvalue weighted by Gasteiger charge is 2.47. The maximum atomic E-state index is 12.2. The predicted molar refractivity (Wildman–Crippen MR) is 89.7 cm³/mol. The van der Waals surface area contributed by atoms with Crippen molar-refractivity contribution in [3.63, 3.8) is 0 Å². The molecular weight excluding hydrogens is 326 g/mol. The number of rotatable bonds is 6. The van der Waals surface area contributed by atoms with Gasteiger partial charge in [-0.05, 0) is 38.0 Å². The van der Waals surface area contributed by atoms with Crippen LogP contribution in [0.3, 0.4) is 0 Å². The summed E-state index contributed by atoms with van der Waals surface area (Å²) in [6, 6.07) is 6.52. The number of imide groups is 1. The number of nitrogens with one attached hydrogen (secondary N) is 2. The van der Waals surface area contributed by atoms with E-state index in [1.165, 1.54) is 0 Å². The van der Waals surface area contributed by atoms with E-state index in [0.717, 1.165) is 10.5 Å². The van der Waals surface area contributed by atoms with Gasteiger partial charge in [-0.15, -0.1) is 0 Å². The van der Waals surface area contributed by atoms with Crippen molar-refractivity contribution in [2.75, 3.05) is 18.5 Å². The summed E-state index contributed by atoms with van der Waals surface area (Å²) in [5.41, 5.74) is 0.557. The fourth-order valence-corrected chi connectivity index (χ4v) is 2.37. The van der Waals surface area contributed by atoms with Crippen molar-refractivity contribution in [3.8, 4) is 0 Å². The van der Waals surface area contributed by atoms with Crippen LogP contribution in [0.4, 0.5) is 10.5 Å². The molecular formula is C17H21N3O5. The van der Waals surface area contributed by atoms with Crippen LogP contribution in [0.2, 0.25) is 0 Å². The first-order valence-corrected chi connectivity index (χ1v) is 7.91. The molecule has 0 saturated carbocycles. The minimum absolute atomic E-state index is 0.405. The van der Waals surface area contributed by atoms with Crippen molar-refractivity contribution in [1.82, 2.24) is 10.2 Å². The third-order valence-electron chi connectivity index (χ3n) is 4.01. The zero-order valence-corrected chi connectivity index (χ0v) is 14.4. The quantitative estimate of drug-likeness (QED) is 0.594. The Balaban J connectivity index is 1.83. The number of hydrogen-bond donors (Lipinski definition) is 2. The standard InChI is InChI=1S/C17H21N3O5/c1-4-17(3)15(23)20(16(24)19-17)9-14(22)25-10-13(21)18-12-7-5-6-11(2)8-12/h5-8H,4,9-10H2,1-3H3,(H,18,21)(H,19,24)/t17-/m0/s1. The summed E-state index contributed by atoms with van der Waals surface area (Å²) in [5, 5.41) is 5.13. The van der Waals surface area contributed by atoms with E-state index in [0.29, 0.717) is 12.1 Å². The Morgan fingerprint density at radius 2 is 2.04 bits per heavy atom. The van der Waals surface area contributed by atoms with E-state index in [1.807, 2.05) is 13.0 Å². The molecule has 1 saturated heterocycles. The van der Waals surface area contributed by atoms with Crippen molar-refractivity contribution in [2.24, 2.45) is 0 Å². The average Bonchev–Trinajstić information content (AvgIpc) is 2.77. The zero-order valence-electron chi connectivity index (χ0n) is 14.4. The molecule has 134 valence electrons. The van der Waals surface area contributed by atoms with Crippen LogP contribution in [0.15, 0.2) is 24.3 Å². The van der Waals surface area contributed by atoms with E-state index in [4.69, 9.17) is 4.74 Å². The maximum Gasteiger partial charge on any atom is 0.326 e. The first-order chi connectivity index (χ1) is 11.7. The summed E-state index contributed by atoms with van der Waals surface area (Å²) < 4.78 is 4.84. The van der Waals surface area contributed by atoms with Gasteiger partial charge in [0.25, 0.3) is 11.8 Å². The first kappa shape index (κ1) is 18.4. The maximum absolute atomic E-state index is 12.2. The van der Waals surface area contributed by atoms with Gasteiger partial charge >= 0.3 is 12.0 Å². The Morgan fingerprint density at radius 1 is 1.32 bits per heavy atom. The molecule has 1 atom stereocenters. The predicted octanol–water partition coefficient (Wildman–Crippen LogP) is 1.20. The lowest BCUT2D eigenvalue weighted by Gasteiger charge is -2.18. The van der Waals surface area contributed by atoms with Crippen LogP contribution >= 0.6 is 0 Å². The van der Waals surface area contributed by atoms with Crippen molar-refractivity contribution >= 4 is 29.5 Å². The lowest BCUT2D eigenvalue weighted by atomic mass is 9.99. The molecule has 2 rings (SSSR count). The van der Waals surface area contributed by atoms with Gasteiger partial charge in [0.05, 0.1) is 0 Å². The fraction of sp³-hybridized carbons (Fsp3) is 0.412. The molecule has 8 nitrogen and oxygen atoms in total. The summed E-state index contributed by atoms with van der Waals surface area (Å²) in [4.78, 5) is 48.4. The second-order valence-corrected chi connectivity index (χ2v) is 6.09. The number of carbonyl (C=O) groups is 4. The van der Waals surface area contributed by atoms with Crippen LogP contribution < -0.4 is 10.6 Å². The van der Waals surface area contributed by atoms with E-state index in [-0.39, 0.29) is 0 Å². The molecule has 0 aliphatic carbocycles. The van der Waals surface area contributed by atoms with E-state index in [1.54, 1.807) is 32.0 Å². The molecule has 8 heteroatoms. The Kier molecular flexibility index (Phi) is 5.41. The first-order valence-electron chi connectivity index (χ1n) is 7.91. The van der Waals surface area contributed by atoms with Crippen LogP contribution in [0.5, 0.6) is 0 Å². The molecule has 1 aromatic carbocycles. The number of carbonyl (C=O) groups excluding carboxylic acids is 4. The van der Waals surface area contributed by atoms with E-state index in [9.17, 15) is 19.2 Å². The normalized spacial score (nSPS) is 19.6. The number of esters is 1. The third kappa shape index (κ3) is 4.34. The summed E-state index contributed by atoms with van der Waals surface area (Å²) in [7, 11) is 0. The molecule has 4 amide bonds. The van der Waals surface area contributed by atoms with Gasteiger partial charge in [-0.1, -0.05) is 19.1 Å². The Labute approximate surface area is 145 Å². The highest BCUT2D eigenvalue weighted by atomic mass is 16.5. The van der Waals surface area contributed by atoms with Crippen molar-refractivity contribution in [1.29, 1.82) is 0 Å². The third-order valence-corrected chi connectivity index (χ3v) is 4.01. The van der Waals surface area contributed by atoms with Gasteiger partial charge in [0.15, 0.2) is 6.61 Å². The number of hydrogen-bond acceptors (Lipinski definition) is 5. The van der Waals surface area contributed by atoms with Crippen LogP contribution in [-0.2, 0) is 19.1 Å². The molecule has 1 aliphatic rings. The van der Waals surface area contributed by atoms with Gasteiger partial charge in [0.1, 0.15) is 12.1 Å². The fourth-order valence-electron chi connectivity index (χ4n) is 2.37. The van der Waals surface area contributed by atoms with Gasteiger partial charge in [-0.3, -0.25) is 19.3 Å². The van der Waals surface area contributed by atoms with Gasteiger partial charge < -0.3 is 15.4 Å². The number of ether oxygens (including phenoxy) is 1. The van der Waals surface area contributed by atoms with Crippen LogP contribution in [0.1, 0.15) is 25.8 Å². The monoisotopic (exact) mass is 347 g/mol. The van der Waals surface area contributed by atoms with Gasteiger partial charge in [-0.2, -0.15) is 0 Å². The molecule has 1 fully saturated rings. The number of benzene rings is 1. The molecule has 0 bridgehead atoms. The Hall–Kier alpha value is -2.90. The summed E-state index contributed by atoms with van der Waals surface area (Å²) in [5.74, 6) is -1.82. The smallest absolute Gasteiger partial charge is 0.326 e.